The highest BCUT2D eigenvalue weighted by Crippen LogP contribution is 2.11. The smallest absolute Gasteiger partial charge is 0.192 e. The molecule has 0 fully saturated rings. The van der Waals surface area contributed by atoms with Crippen molar-refractivity contribution in [2.24, 2.45) is 12.0 Å². The molecule has 29 heavy (non-hydrogen) atoms. The maximum absolute atomic E-state index is 4.72. The highest BCUT2D eigenvalue weighted by atomic mass is 127. The Morgan fingerprint density at radius 1 is 1.10 bits per heavy atom. The number of pyridine rings is 1. The van der Waals surface area contributed by atoms with Gasteiger partial charge in [0.15, 0.2) is 11.8 Å². The second kappa shape index (κ2) is 11.5. The number of nitrogens with one attached hydrogen (secondary N) is 2. The van der Waals surface area contributed by atoms with Crippen LogP contribution in [-0.2, 0) is 20.0 Å². The third-order valence-corrected chi connectivity index (χ3v) is 4.61. The van der Waals surface area contributed by atoms with E-state index in [0.29, 0.717) is 6.54 Å². The third-order valence-electron chi connectivity index (χ3n) is 4.61. The molecular weight excluding hydrogens is 477 g/mol. The maximum Gasteiger partial charge on any atom is 0.192 e. The zero-order chi connectivity index (χ0) is 19.8. The number of benzene rings is 1. The molecule has 0 aliphatic heterocycles. The van der Waals surface area contributed by atoms with E-state index >= 15 is 0 Å². The van der Waals surface area contributed by atoms with Crippen LogP contribution < -0.4 is 10.6 Å². The fourth-order valence-electron chi connectivity index (χ4n) is 2.78. The largest absolute Gasteiger partial charge is 0.356 e. The lowest BCUT2D eigenvalue weighted by Gasteiger charge is -2.18. The van der Waals surface area contributed by atoms with Crippen molar-refractivity contribution in [2.75, 3.05) is 6.54 Å². The molecule has 0 bridgehead atoms. The fourth-order valence-corrected chi connectivity index (χ4v) is 2.78. The standard InChI is InChI=1S/C21H27N7.HI/c1-16(18-9-5-4-6-10-18)25-21(23-14-12-19-11-7-8-13-22-19)24-15-20-27-26-17(2)28(20)3;/h4-11,13,16H,12,14-15H2,1-3H3,(H2,23,24,25);1H. The van der Waals surface area contributed by atoms with Crippen molar-refractivity contribution < 1.29 is 0 Å². The van der Waals surface area contributed by atoms with E-state index in [0.717, 1.165) is 36.3 Å². The molecule has 7 nitrogen and oxygen atoms in total. The molecule has 0 saturated heterocycles. The first kappa shape index (κ1) is 22.8. The summed E-state index contributed by atoms with van der Waals surface area (Å²) in [6, 6.07) is 16.4. The fraction of sp³-hybridized carbons (Fsp3) is 0.333. The third kappa shape index (κ3) is 6.81. The Kier molecular flexibility index (Phi) is 9.04. The number of aromatic nitrogens is 4. The zero-order valence-corrected chi connectivity index (χ0v) is 19.4. The van der Waals surface area contributed by atoms with Crippen molar-refractivity contribution in [3.8, 4) is 0 Å². The molecule has 8 heteroatoms. The van der Waals surface area contributed by atoms with Crippen molar-refractivity contribution in [3.63, 3.8) is 0 Å². The molecule has 0 spiro atoms. The van der Waals surface area contributed by atoms with E-state index in [4.69, 9.17) is 4.99 Å². The molecular formula is C21H28IN7. The topological polar surface area (TPSA) is 80.0 Å². The van der Waals surface area contributed by atoms with Crippen molar-refractivity contribution >= 4 is 29.9 Å². The Balaban J connectivity index is 0.00000300. The Morgan fingerprint density at radius 2 is 1.86 bits per heavy atom. The average molecular weight is 505 g/mol. The van der Waals surface area contributed by atoms with E-state index in [2.05, 4.69) is 44.9 Å². The zero-order valence-electron chi connectivity index (χ0n) is 17.0. The van der Waals surface area contributed by atoms with Crippen molar-refractivity contribution in [1.29, 1.82) is 0 Å². The van der Waals surface area contributed by atoms with Gasteiger partial charge in [-0.2, -0.15) is 0 Å². The molecule has 1 aromatic carbocycles. The molecule has 0 radical (unpaired) electrons. The summed E-state index contributed by atoms with van der Waals surface area (Å²) in [6.07, 6.45) is 2.64. The predicted molar refractivity (Wildman–Crippen MR) is 126 cm³/mol. The van der Waals surface area contributed by atoms with Gasteiger partial charge in [-0.3, -0.25) is 4.98 Å². The highest BCUT2D eigenvalue weighted by molar-refractivity contribution is 14.0. The number of halogens is 1. The van der Waals surface area contributed by atoms with Gasteiger partial charge in [0.05, 0.1) is 6.04 Å². The number of hydrogen-bond donors (Lipinski definition) is 2. The molecule has 3 rings (SSSR count). The Morgan fingerprint density at radius 3 is 2.52 bits per heavy atom. The van der Waals surface area contributed by atoms with Crippen LogP contribution in [0.15, 0.2) is 59.7 Å². The van der Waals surface area contributed by atoms with Crippen LogP contribution in [-0.4, -0.2) is 32.3 Å². The quantitative estimate of drug-likeness (QED) is 0.293. The minimum absolute atomic E-state index is 0. The average Bonchev–Trinajstić information content (AvgIpc) is 3.05. The van der Waals surface area contributed by atoms with Gasteiger partial charge in [-0.15, -0.1) is 34.2 Å². The number of aliphatic imine (C=N–C) groups is 1. The lowest BCUT2D eigenvalue weighted by molar-refractivity contribution is 0.674. The first-order chi connectivity index (χ1) is 13.6. The first-order valence-electron chi connectivity index (χ1n) is 9.48. The molecule has 154 valence electrons. The number of nitrogens with zero attached hydrogens (tertiary/aromatic N) is 5. The minimum Gasteiger partial charge on any atom is -0.356 e. The Bertz CT molecular complexity index is 894. The molecule has 0 saturated carbocycles. The van der Waals surface area contributed by atoms with Gasteiger partial charge in [0.25, 0.3) is 0 Å². The summed E-state index contributed by atoms with van der Waals surface area (Å²) in [5, 5.41) is 15.2. The van der Waals surface area contributed by atoms with Crippen LogP contribution in [0, 0.1) is 6.92 Å². The predicted octanol–water partition coefficient (Wildman–Crippen LogP) is 3.18. The Labute approximate surface area is 189 Å². The van der Waals surface area contributed by atoms with Gasteiger partial charge in [0, 0.05) is 31.9 Å². The second-order valence-electron chi connectivity index (χ2n) is 6.66. The van der Waals surface area contributed by atoms with Gasteiger partial charge < -0.3 is 15.2 Å². The van der Waals surface area contributed by atoms with E-state index in [9.17, 15) is 0 Å². The SMILES string of the molecule is Cc1nnc(CN=C(NCCc2ccccn2)NC(C)c2ccccc2)n1C.I. The summed E-state index contributed by atoms with van der Waals surface area (Å²) in [5.41, 5.74) is 2.26. The normalized spacial score (nSPS) is 12.2. The summed E-state index contributed by atoms with van der Waals surface area (Å²) < 4.78 is 1.95. The molecule has 2 heterocycles. The van der Waals surface area contributed by atoms with Gasteiger partial charge in [0.2, 0.25) is 0 Å². The first-order valence-corrected chi connectivity index (χ1v) is 9.48. The van der Waals surface area contributed by atoms with Crippen LogP contribution in [0.25, 0.3) is 0 Å². The van der Waals surface area contributed by atoms with Gasteiger partial charge in [0.1, 0.15) is 12.4 Å². The van der Waals surface area contributed by atoms with Gasteiger partial charge in [-0.25, -0.2) is 4.99 Å². The van der Waals surface area contributed by atoms with Crippen molar-refractivity contribution in [2.45, 2.75) is 32.9 Å². The van der Waals surface area contributed by atoms with Crippen molar-refractivity contribution in [3.05, 3.63) is 77.6 Å². The molecule has 2 aromatic heterocycles. The molecule has 0 amide bonds. The molecule has 0 aliphatic carbocycles. The van der Waals surface area contributed by atoms with Crippen LogP contribution in [0.2, 0.25) is 0 Å². The number of rotatable bonds is 7. The Hall–Kier alpha value is -2.49. The molecule has 3 aromatic rings. The van der Waals surface area contributed by atoms with E-state index in [1.54, 1.807) is 0 Å². The molecule has 1 atom stereocenters. The second-order valence-corrected chi connectivity index (χ2v) is 6.66. The summed E-state index contributed by atoms with van der Waals surface area (Å²) in [6.45, 7) is 5.25. The van der Waals surface area contributed by atoms with Crippen LogP contribution >= 0.6 is 24.0 Å². The minimum atomic E-state index is 0. The van der Waals surface area contributed by atoms with Crippen LogP contribution in [0.3, 0.4) is 0 Å². The van der Waals surface area contributed by atoms with Gasteiger partial charge >= 0.3 is 0 Å². The number of guanidine groups is 1. The molecule has 1 unspecified atom stereocenters. The van der Waals surface area contributed by atoms with Crippen LogP contribution in [0.5, 0.6) is 0 Å². The molecule has 0 aliphatic rings. The van der Waals surface area contributed by atoms with Gasteiger partial charge in [-0.1, -0.05) is 36.4 Å². The molecule has 2 N–H and O–H groups in total. The van der Waals surface area contributed by atoms with Crippen molar-refractivity contribution in [1.82, 2.24) is 30.4 Å². The van der Waals surface area contributed by atoms with E-state index in [1.807, 2.05) is 61.1 Å². The van der Waals surface area contributed by atoms with E-state index < -0.39 is 0 Å². The maximum atomic E-state index is 4.72. The van der Waals surface area contributed by atoms with Crippen LogP contribution in [0.1, 0.15) is 35.9 Å². The monoisotopic (exact) mass is 505 g/mol. The van der Waals surface area contributed by atoms with Crippen LogP contribution in [0.4, 0.5) is 0 Å². The lowest BCUT2D eigenvalue weighted by Crippen LogP contribution is -2.40. The summed E-state index contributed by atoms with van der Waals surface area (Å²) in [5.74, 6) is 2.45. The van der Waals surface area contributed by atoms with E-state index in [-0.39, 0.29) is 30.0 Å². The summed E-state index contributed by atoms with van der Waals surface area (Å²) in [4.78, 5) is 9.09. The summed E-state index contributed by atoms with van der Waals surface area (Å²) in [7, 11) is 1.95. The summed E-state index contributed by atoms with van der Waals surface area (Å²) >= 11 is 0. The lowest BCUT2D eigenvalue weighted by atomic mass is 10.1. The number of hydrogen-bond acceptors (Lipinski definition) is 4. The number of aryl methyl sites for hydroxylation is 1. The highest BCUT2D eigenvalue weighted by Gasteiger charge is 2.09. The van der Waals surface area contributed by atoms with E-state index in [1.165, 1.54) is 5.56 Å². The van der Waals surface area contributed by atoms with Gasteiger partial charge in [-0.05, 0) is 31.5 Å².